The van der Waals surface area contributed by atoms with Crippen molar-refractivity contribution in [1.29, 1.82) is 0 Å². The van der Waals surface area contributed by atoms with Crippen molar-refractivity contribution in [3.63, 3.8) is 0 Å². The van der Waals surface area contributed by atoms with Gasteiger partial charge in [0, 0.05) is 5.92 Å². The minimum atomic E-state index is -0.170. The summed E-state index contributed by atoms with van der Waals surface area (Å²) in [5.41, 5.74) is 1.27. The molecule has 2 saturated carbocycles. The Labute approximate surface area is 110 Å². The van der Waals surface area contributed by atoms with E-state index in [9.17, 15) is 5.11 Å². The first-order chi connectivity index (χ1) is 8.74. The van der Waals surface area contributed by atoms with Gasteiger partial charge in [-0.3, -0.25) is 0 Å². The molecule has 0 saturated heterocycles. The molecule has 3 rings (SSSR count). The second kappa shape index (κ2) is 5.05. The topological polar surface area (TPSA) is 20.2 Å². The Morgan fingerprint density at radius 2 is 1.94 bits per heavy atom. The van der Waals surface area contributed by atoms with Gasteiger partial charge in [0.1, 0.15) is 0 Å². The minimum Gasteiger partial charge on any atom is -0.392 e. The highest BCUT2D eigenvalue weighted by Crippen LogP contribution is 2.50. The first-order valence-electron chi connectivity index (χ1n) is 7.47. The number of hydrogen-bond donors (Lipinski definition) is 1. The molecule has 2 aliphatic carbocycles. The Bertz CT molecular complexity index is 386. The van der Waals surface area contributed by atoms with Crippen LogP contribution in [-0.4, -0.2) is 11.2 Å². The van der Waals surface area contributed by atoms with Crippen molar-refractivity contribution in [3.05, 3.63) is 35.9 Å². The van der Waals surface area contributed by atoms with Gasteiger partial charge in [0.2, 0.25) is 0 Å². The van der Waals surface area contributed by atoms with Crippen LogP contribution in [0.2, 0.25) is 0 Å². The lowest BCUT2D eigenvalue weighted by atomic mass is 9.81. The lowest BCUT2D eigenvalue weighted by Gasteiger charge is -2.27. The summed E-state index contributed by atoms with van der Waals surface area (Å²) in [5.74, 6) is 2.97. The Kier molecular flexibility index (Phi) is 3.43. The molecule has 1 nitrogen and oxygen atoms in total. The zero-order chi connectivity index (χ0) is 12.5. The lowest BCUT2D eigenvalue weighted by molar-refractivity contribution is 0.104. The van der Waals surface area contributed by atoms with E-state index < -0.39 is 0 Å². The highest BCUT2D eigenvalue weighted by molar-refractivity contribution is 5.19. The molecule has 0 radical (unpaired) electrons. The van der Waals surface area contributed by atoms with Crippen molar-refractivity contribution in [2.24, 2.45) is 17.8 Å². The number of aliphatic hydroxyl groups excluding tert-OH is 1. The molecule has 1 N–H and O–H groups in total. The van der Waals surface area contributed by atoms with Crippen LogP contribution in [0.3, 0.4) is 0 Å². The maximum atomic E-state index is 10.5. The van der Waals surface area contributed by atoms with Gasteiger partial charge in [-0.15, -0.1) is 0 Å². The molecule has 1 aromatic rings. The van der Waals surface area contributed by atoms with Crippen LogP contribution in [0.4, 0.5) is 0 Å². The Balaban J connectivity index is 1.60. The van der Waals surface area contributed by atoms with Crippen molar-refractivity contribution in [1.82, 2.24) is 0 Å². The third-order valence-electron chi connectivity index (χ3n) is 5.33. The van der Waals surface area contributed by atoms with Crippen molar-refractivity contribution in [2.45, 2.75) is 51.0 Å². The predicted octanol–water partition coefficient (Wildman–Crippen LogP) is 3.98. The first-order valence-corrected chi connectivity index (χ1v) is 7.47. The second-order valence-electron chi connectivity index (χ2n) is 6.44. The van der Waals surface area contributed by atoms with Crippen LogP contribution >= 0.6 is 0 Å². The largest absolute Gasteiger partial charge is 0.392 e. The molecule has 0 amide bonds. The maximum absolute atomic E-state index is 10.5. The lowest BCUT2D eigenvalue weighted by Crippen LogP contribution is -2.23. The predicted molar refractivity (Wildman–Crippen MR) is 74.4 cm³/mol. The molecule has 0 heterocycles. The molecule has 5 unspecified atom stereocenters. The number of benzene rings is 1. The second-order valence-corrected chi connectivity index (χ2v) is 6.44. The third-order valence-corrected chi connectivity index (χ3v) is 5.33. The van der Waals surface area contributed by atoms with Crippen LogP contribution in [0.25, 0.3) is 0 Å². The van der Waals surface area contributed by atoms with E-state index in [1.807, 2.05) is 6.07 Å². The van der Waals surface area contributed by atoms with E-state index in [-0.39, 0.29) is 12.0 Å². The SMILES string of the molecule is CC(c1ccccc1)C(O)CC1CC2CCC1C2. The molecule has 98 valence electrons. The molecular formula is C17H24O. The van der Waals surface area contributed by atoms with Crippen molar-refractivity contribution in [2.75, 3.05) is 0 Å². The monoisotopic (exact) mass is 244 g/mol. The smallest absolute Gasteiger partial charge is 0.0608 e. The maximum Gasteiger partial charge on any atom is 0.0608 e. The van der Waals surface area contributed by atoms with Crippen LogP contribution in [0.15, 0.2) is 30.3 Å². The van der Waals surface area contributed by atoms with E-state index in [0.29, 0.717) is 0 Å². The van der Waals surface area contributed by atoms with Gasteiger partial charge in [0.05, 0.1) is 6.10 Å². The summed E-state index contributed by atoms with van der Waals surface area (Å²) in [4.78, 5) is 0. The van der Waals surface area contributed by atoms with Crippen molar-refractivity contribution >= 4 is 0 Å². The van der Waals surface area contributed by atoms with Crippen LogP contribution in [0.1, 0.15) is 50.5 Å². The summed E-state index contributed by atoms with van der Waals surface area (Å²) < 4.78 is 0. The minimum absolute atomic E-state index is 0.170. The quantitative estimate of drug-likeness (QED) is 0.849. The molecule has 1 aromatic carbocycles. The van der Waals surface area contributed by atoms with E-state index >= 15 is 0 Å². The van der Waals surface area contributed by atoms with E-state index in [4.69, 9.17) is 0 Å². The van der Waals surface area contributed by atoms with Crippen molar-refractivity contribution < 1.29 is 5.11 Å². The molecule has 1 heteroatoms. The Morgan fingerprint density at radius 1 is 1.17 bits per heavy atom. The van der Waals surface area contributed by atoms with Gasteiger partial charge in [-0.25, -0.2) is 0 Å². The van der Waals surface area contributed by atoms with E-state index in [1.165, 1.54) is 31.2 Å². The third kappa shape index (κ3) is 2.33. The van der Waals surface area contributed by atoms with Crippen LogP contribution in [0, 0.1) is 17.8 Å². The fourth-order valence-corrected chi connectivity index (χ4v) is 4.16. The Hall–Kier alpha value is -0.820. The van der Waals surface area contributed by atoms with Crippen molar-refractivity contribution in [3.8, 4) is 0 Å². The summed E-state index contributed by atoms with van der Waals surface area (Å²) in [6.45, 7) is 2.16. The van der Waals surface area contributed by atoms with E-state index in [0.717, 1.165) is 24.2 Å². The summed E-state index contributed by atoms with van der Waals surface area (Å²) in [5, 5.41) is 10.5. The summed E-state index contributed by atoms with van der Waals surface area (Å²) in [6, 6.07) is 10.4. The summed E-state index contributed by atoms with van der Waals surface area (Å²) in [7, 11) is 0. The van der Waals surface area contributed by atoms with Gasteiger partial charge in [-0.1, -0.05) is 43.7 Å². The van der Waals surface area contributed by atoms with E-state index in [1.54, 1.807) is 0 Å². The normalized spacial score (nSPS) is 33.6. The van der Waals surface area contributed by atoms with E-state index in [2.05, 4.69) is 31.2 Å². The van der Waals surface area contributed by atoms with Gasteiger partial charge in [-0.2, -0.15) is 0 Å². The molecule has 5 atom stereocenters. The number of fused-ring (bicyclic) bond motifs is 2. The van der Waals surface area contributed by atoms with Gasteiger partial charge < -0.3 is 5.11 Å². The zero-order valence-corrected chi connectivity index (χ0v) is 11.3. The standard InChI is InChI=1S/C17H24O/c1-12(14-5-3-2-4-6-14)17(18)11-16-10-13-7-8-15(16)9-13/h2-6,12-13,15-18H,7-11H2,1H3. The average molecular weight is 244 g/mol. The fraction of sp³-hybridized carbons (Fsp3) is 0.647. The summed E-state index contributed by atoms with van der Waals surface area (Å²) >= 11 is 0. The molecule has 0 spiro atoms. The number of hydrogen-bond acceptors (Lipinski definition) is 1. The van der Waals surface area contributed by atoms with Gasteiger partial charge in [-0.05, 0) is 49.0 Å². The van der Waals surface area contributed by atoms with Gasteiger partial charge in [0.15, 0.2) is 0 Å². The van der Waals surface area contributed by atoms with Gasteiger partial charge in [0.25, 0.3) is 0 Å². The van der Waals surface area contributed by atoms with Crippen LogP contribution in [-0.2, 0) is 0 Å². The molecule has 0 aromatic heterocycles. The molecule has 2 bridgehead atoms. The Morgan fingerprint density at radius 3 is 2.56 bits per heavy atom. The van der Waals surface area contributed by atoms with Crippen LogP contribution in [0.5, 0.6) is 0 Å². The summed E-state index contributed by atoms with van der Waals surface area (Å²) in [6.07, 6.45) is 6.53. The first kappa shape index (κ1) is 12.2. The van der Waals surface area contributed by atoms with Crippen LogP contribution < -0.4 is 0 Å². The number of rotatable bonds is 4. The fourth-order valence-electron chi connectivity index (χ4n) is 4.16. The number of aliphatic hydroxyl groups is 1. The molecule has 2 aliphatic rings. The average Bonchev–Trinajstić information content (AvgIpc) is 3.01. The zero-order valence-electron chi connectivity index (χ0n) is 11.3. The molecule has 0 aliphatic heterocycles. The van der Waals surface area contributed by atoms with Gasteiger partial charge >= 0.3 is 0 Å². The molecule has 2 fully saturated rings. The highest BCUT2D eigenvalue weighted by Gasteiger charge is 2.40. The highest BCUT2D eigenvalue weighted by atomic mass is 16.3. The molecular weight excluding hydrogens is 220 g/mol. The molecule has 18 heavy (non-hydrogen) atoms.